The van der Waals surface area contributed by atoms with Crippen LogP contribution in [0, 0.1) is 10.1 Å². The van der Waals surface area contributed by atoms with Crippen LogP contribution in [0.1, 0.15) is 19.6 Å². The lowest BCUT2D eigenvalue weighted by atomic mass is 10.3. The molecule has 10 heteroatoms. The zero-order valence-electron chi connectivity index (χ0n) is 14.2. The Balaban J connectivity index is 2.42. The van der Waals surface area contributed by atoms with Crippen LogP contribution in [-0.4, -0.2) is 36.3 Å². The van der Waals surface area contributed by atoms with Gasteiger partial charge in [0.15, 0.2) is 4.90 Å². The summed E-state index contributed by atoms with van der Waals surface area (Å²) >= 11 is 0. The molecule has 0 fully saturated rings. The molecular weight excluding hydrogens is 364 g/mol. The maximum Gasteiger partial charge on any atom is 0.321 e. The summed E-state index contributed by atoms with van der Waals surface area (Å²) in [6.07, 6.45) is 0.930. The predicted octanol–water partition coefficient (Wildman–Crippen LogP) is 2.33. The number of ether oxygens (including phenoxy) is 1. The lowest BCUT2D eigenvalue weighted by Crippen LogP contribution is -2.36. The fourth-order valence-electron chi connectivity index (χ4n) is 2.21. The van der Waals surface area contributed by atoms with Gasteiger partial charge in [0.1, 0.15) is 12.3 Å². The molecular formula is C16H18N2O7S. The summed E-state index contributed by atoms with van der Waals surface area (Å²) in [5, 5.41) is 11.2. The smallest absolute Gasteiger partial charge is 0.321 e. The molecule has 0 bridgehead atoms. The number of benzene rings is 1. The first-order valence-corrected chi connectivity index (χ1v) is 9.11. The van der Waals surface area contributed by atoms with E-state index in [1.54, 1.807) is 19.9 Å². The van der Waals surface area contributed by atoms with Crippen LogP contribution in [0.2, 0.25) is 0 Å². The van der Waals surface area contributed by atoms with E-state index in [1.165, 1.54) is 24.5 Å². The molecule has 0 aliphatic heterocycles. The molecule has 0 N–H and O–H groups in total. The monoisotopic (exact) mass is 382 g/mol. The van der Waals surface area contributed by atoms with Crippen LogP contribution in [0.25, 0.3) is 0 Å². The number of nitrogens with zero attached hydrogens (tertiary/aromatic N) is 2. The van der Waals surface area contributed by atoms with Crippen molar-refractivity contribution in [3.63, 3.8) is 0 Å². The Bertz CT molecular complexity index is 876. The number of sulfonamides is 1. The minimum Gasteiger partial charge on any atom is -0.468 e. The number of nitro groups is 1. The summed E-state index contributed by atoms with van der Waals surface area (Å²) < 4.78 is 36.9. The quantitative estimate of drug-likeness (QED) is 0.390. The Morgan fingerprint density at radius 3 is 2.54 bits per heavy atom. The molecule has 9 nitrogen and oxygen atoms in total. The molecule has 1 aromatic heterocycles. The van der Waals surface area contributed by atoms with Crippen molar-refractivity contribution in [2.24, 2.45) is 0 Å². The van der Waals surface area contributed by atoms with Crippen molar-refractivity contribution in [2.75, 3.05) is 6.54 Å². The van der Waals surface area contributed by atoms with Gasteiger partial charge in [0.25, 0.3) is 15.7 Å². The van der Waals surface area contributed by atoms with E-state index in [9.17, 15) is 23.3 Å². The zero-order valence-corrected chi connectivity index (χ0v) is 15.0. The molecule has 0 aliphatic rings. The summed E-state index contributed by atoms with van der Waals surface area (Å²) in [6.45, 7) is 2.39. The first-order chi connectivity index (χ1) is 12.2. The van der Waals surface area contributed by atoms with E-state index in [0.29, 0.717) is 0 Å². The number of furan rings is 1. The molecule has 0 atom stereocenters. The summed E-state index contributed by atoms with van der Waals surface area (Å²) in [4.78, 5) is 21.9. The Kier molecular flexibility index (Phi) is 6.11. The van der Waals surface area contributed by atoms with Gasteiger partial charge in [0.2, 0.25) is 0 Å². The maximum absolute atomic E-state index is 13.0. The molecule has 26 heavy (non-hydrogen) atoms. The Labute approximate surface area is 150 Å². The molecule has 0 saturated heterocycles. The molecule has 0 amide bonds. The molecule has 1 aromatic carbocycles. The number of nitro benzene ring substituents is 1. The van der Waals surface area contributed by atoms with E-state index in [2.05, 4.69) is 0 Å². The van der Waals surface area contributed by atoms with Crippen LogP contribution < -0.4 is 0 Å². The second kappa shape index (κ2) is 8.11. The third kappa shape index (κ3) is 4.67. The molecule has 0 aliphatic carbocycles. The highest BCUT2D eigenvalue weighted by molar-refractivity contribution is 7.89. The van der Waals surface area contributed by atoms with Crippen LogP contribution in [0.4, 0.5) is 5.69 Å². The van der Waals surface area contributed by atoms with E-state index >= 15 is 0 Å². The van der Waals surface area contributed by atoms with Crippen molar-refractivity contribution >= 4 is 21.7 Å². The zero-order chi connectivity index (χ0) is 19.3. The highest BCUT2D eigenvalue weighted by atomic mass is 32.2. The highest BCUT2D eigenvalue weighted by Gasteiger charge is 2.33. The number of hydrogen-bond acceptors (Lipinski definition) is 7. The standard InChI is InChI=1S/C16H18N2O7S/c1-12(2)25-16(19)11-17(10-13-6-5-9-24-13)26(22,23)15-8-4-3-7-14(15)18(20)21/h3-9,12H,10-11H2,1-2H3. The van der Waals surface area contributed by atoms with Gasteiger partial charge in [0, 0.05) is 6.07 Å². The average molecular weight is 382 g/mol. The Hall–Kier alpha value is -2.72. The fourth-order valence-corrected chi connectivity index (χ4v) is 3.72. The minimum atomic E-state index is -4.35. The molecule has 0 spiro atoms. The van der Waals surface area contributed by atoms with Crippen molar-refractivity contribution in [2.45, 2.75) is 31.4 Å². The molecule has 0 saturated carbocycles. The normalized spacial score (nSPS) is 11.7. The molecule has 2 rings (SSSR count). The van der Waals surface area contributed by atoms with E-state index in [1.807, 2.05) is 0 Å². The second-order valence-electron chi connectivity index (χ2n) is 5.62. The van der Waals surface area contributed by atoms with Crippen molar-refractivity contribution < 1.29 is 27.3 Å². The first kappa shape index (κ1) is 19.6. The number of esters is 1. The van der Waals surface area contributed by atoms with Crippen LogP contribution in [0.5, 0.6) is 0 Å². The van der Waals surface area contributed by atoms with Gasteiger partial charge in [-0.1, -0.05) is 12.1 Å². The third-order valence-electron chi connectivity index (χ3n) is 3.26. The minimum absolute atomic E-state index is 0.269. The molecule has 0 unspecified atom stereocenters. The van der Waals surface area contributed by atoms with Crippen LogP contribution in [-0.2, 0) is 26.1 Å². The number of carbonyl (C=O) groups excluding carboxylic acids is 1. The SMILES string of the molecule is CC(C)OC(=O)CN(Cc1ccco1)S(=O)(=O)c1ccccc1[N+](=O)[O-]. The third-order valence-corrected chi connectivity index (χ3v) is 5.10. The predicted molar refractivity (Wildman–Crippen MR) is 90.6 cm³/mol. The lowest BCUT2D eigenvalue weighted by molar-refractivity contribution is -0.387. The van der Waals surface area contributed by atoms with Gasteiger partial charge in [-0.15, -0.1) is 0 Å². The average Bonchev–Trinajstić information content (AvgIpc) is 3.06. The van der Waals surface area contributed by atoms with E-state index < -0.39 is 44.1 Å². The van der Waals surface area contributed by atoms with Crippen LogP contribution in [0.3, 0.4) is 0 Å². The van der Waals surface area contributed by atoms with Gasteiger partial charge in [-0.05, 0) is 32.0 Å². The number of para-hydroxylation sites is 1. The Morgan fingerprint density at radius 1 is 1.27 bits per heavy atom. The van der Waals surface area contributed by atoms with Crippen LogP contribution in [0.15, 0.2) is 52.0 Å². The first-order valence-electron chi connectivity index (χ1n) is 7.67. The van der Waals surface area contributed by atoms with Gasteiger partial charge in [-0.3, -0.25) is 14.9 Å². The number of hydrogen-bond donors (Lipinski definition) is 0. The van der Waals surface area contributed by atoms with E-state index in [0.717, 1.165) is 16.4 Å². The lowest BCUT2D eigenvalue weighted by Gasteiger charge is -2.21. The molecule has 0 radical (unpaired) electrons. The molecule has 140 valence electrons. The molecule has 1 heterocycles. The fraction of sp³-hybridized carbons (Fsp3) is 0.312. The summed E-state index contributed by atoms with van der Waals surface area (Å²) in [6, 6.07) is 8.05. The van der Waals surface area contributed by atoms with Crippen molar-refractivity contribution in [3.8, 4) is 0 Å². The van der Waals surface area contributed by atoms with Gasteiger partial charge in [-0.2, -0.15) is 4.31 Å². The van der Waals surface area contributed by atoms with Gasteiger partial charge < -0.3 is 9.15 Å². The van der Waals surface area contributed by atoms with Gasteiger partial charge >= 0.3 is 5.97 Å². The topological polar surface area (TPSA) is 120 Å². The number of rotatable bonds is 8. The van der Waals surface area contributed by atoms with Crippen LogP contribution >= 0.6 is 0 Å². The van der Waals surface area contributed by atoms with E-state index in [4.69, 9.17) is 9.15 Å². The van der Waals surface area contributed by atoms with Crippen molar-refractivity contribution in [3.05, 3.63) is 58.5 Å². The van der Waals surface area contributed by atoms with Crippen molar-refractivity contribution in [1.82, 2.24) is 4.31 Å². The van der Waals surface area contributed by atoms with Crippen molar-refractivity contribution in [1.29, 1.82) is 0 Å². The largest absolute Gasteiger partial charge is 0.468 e. The number of carbonyl (C=O) groups is 1. The highest BCUT2D eigenvalue weighted by Crippen LogP contribution is 2.27. The van der Waals surface area contributed by atoms with E-state index in [-0.39, 0.29) is 12.3 Å². The molecule has 2 aromatic rings. The summed E-state index contributed by atoms with van der Waals surface area (Å²) in [7, 11) is -4.35. The van der Waals surface area contributed by atoms with Gasteiger partial charge in [0.05, 0.1) is 23.8 Å². The van der Waals surface area contributed by atoms with Gasteiger partial charge in [-0.25, -0.2) is 8.42 Å². The Morgan fingerprint density at radius 2 is 1.96 bits per heavy atom. The second-order valence-corrected chi connectivity index (χ2v) is 7.52. The maximum atomic E-state index is 13.0. The summed E-state index contributed by atoms with van der Waals surface area (Å²) in [5.41, 5.74) is -0.575. The summed E-state index contributed by atoms with van der Waals surface area (Å²) in [5.74, 6) is -0.488.